The zero-order valence-electron chi connectivity index (χ0n) is 6.33. The van der Waals surface area contributed by atoms with Crippen molar-refractivity contribution >= 4 is 39.2 Å². The van der Waals surface area contributed by atoms with Gasteiger partial charge in [-0.2, -0.15) is 0 Å². The lowest BCUT2D eigenvalue weighted by Crippen LogP contribution is -2.22. The van der Waals surface area contributed by atoms with Gasteiger partial charge in [-0.25, -0.2) is 4.79 Å². The SMILES string of the molecule is O=C1NC(=O)C(c2ccc(Br)s2)N1. The van der Waals surface area contributed by atoms with Crippen LogP contribution in [0.1, 0.15) is 10.9 Å². The molecule has 1 aliphatic heterocycles. The van der Waals surface area contributed by atoms with Gasteiger partial charge in [0.15, 0.2) is 0 Å². The molecule has 0 radical (unpaired) electrons. The van der Waals surface area contributed by atoms with Crippen molar-refractivity contribution in [1.82, 2.24) is 10.6 Å². The van der Waals surface area contributed by atoms with Gasteiger partial charge in [-0.15, -0.1) is 11.3 Å². The van der Waals surface area contributed by atoms with Crippen molar-refractivity contribution in [2.45, 2.75) is 6.04 Å². The van der Waals surface area contributed by atoms with Gasteiger partial charge in [-0.05, 0) is 28.1 Å². The van der Waals surface area contributed by atoms with Gasteiger partial charge in [0.25, 0.3) is 5.91 Å². The lowest BCUT2D eigenvalue weighted by molar-refractivity contribution is -0.120. The van der Waals surface area contributed by atoms with Crippen LogP contribution in [0.3, 0.4) is 0 Å². The lowest BCUT2D eigenvalue weighted by Gasteiger charge is -2.01. The van der Waals surface area contributed by atoms with E-state index in [4.69, 9.17) is 0 Å². The third-order valence-electron chi connectivity index (χ3n) is 1.65. The van der Waals surface area contributed by atoms with Crippen molar-refractivity contribution in [3.63, 3.8) is 0 Å². The zero-order valence-corrected chi connectivity index (χ0v) is 8.74. The molecular formula is C7H5BrN2O2S. The molecule has 2 heterocycles. The van der Waals surface area contributed by atoms with Gasteiger partial charge in [-0.3, -0.25) is 10.1 Å². The van der Waals surface area contributed by atoms with Crippen LogP contribution in [0.5, 0.6) is 0 Å². The fourth-order valence-electron chi connectivity index (χ4n) is 1.10. The van der Waals surface area contributed by atoms with Gasteiger partial charge in [-0.1, -0.05) is 0 Å². The largest absolute Gasteiger partial charge is 0.322 e. The molecule has 4 nitrogen and oxygen atoms in total. The number of nitrogens with one attached hydrogen (secondary N) is 2. The Morgan fingerprint density at radius 2 is 2.15 bits per heavy atom. The van der Waals surface area contributed by atoms with E-state index in [2.05, 4.69) is 26.6 Å². The molecule has 1 aromatic rings. The van der Waals surface area contributed by atoms with Crippen molar-refractivity contribution in [2.24, 2.45) is 0 Å². The third kappa shape index (κ3) is 1.59. The highest BCUT2D eigenvalue weighted by Gasteiger charge is 2.31. The van der Waals surface area contributed by atoms with E-state index in [1.807, 2.05) is 12.1 Å². The van der Waals surface area contributed by atoms with Gasteiger partial charge in [0, 0.05) is 4.88 Å². The van der Waals surface area contributed by atoms with Gasteiger partial charge < -0.3 is 5.32 Å². The van der Waals surface area contributed by atoms with Crippen LogP contribution in [0, 0.1) is 0 Å². The molecule has 68 valence electrons. The van der Waals surface area contributed by atoms with E-state index in [1.165, 1.54) is 11.3 Å². The molecule has 1 aromatic heterocycles. The Morgan fingerprint density at radius 3 is 2.62 bits per heavy atom. The topological polar surface area (TPSA) is 58.2 Å². The van der Waals surface area contributed by atoms with Crippen molar-refractivity contribution in [3.05, 3.63) is 20.8 Å². The number of halogens is 1. The van der Waals surface area contributed by atoms with E-state index in [0.717, 1.165) is 8.66 Å². The molecule has 2 N–H and O–H groups in total. The monoisotopic (exact) mass is 260 g/mol. The number of hydrogen-bond acceptors (Lipinski definition) is 3. The second-order valence-electron chi connectivity index (χ2n) is 2.54. The number of carbonyl (C=O) groups is 2. The maximum absolute atomic E-state index is 11.2. The smallest absolute Gasteiger partial charge is 0.321 e. The maximum Gasteiger partial charge on any atom is 0.322 e. The molecule has 0 aliphatic carbocycles. The number of urea groups is 1. The van der Waals surface area contributed by atoms with Crippen LogP contribution >= 0.6 is 27.3 Å². The predicted molar refractivity (Wildman–Crippen MR) is 51.4 cm³/mol. The number of thiophene rings is 1. The summed E-state index contributed by atoms with van der Waals surface area (Å²) in [4.78, 5) is 22.8. The first-order chi connectivity index (χ1) is 6.16. The summed E-state index contributed by atoms with van der Waals surface area (Å²) in [6.07, 6.45) is 0. The van der Waals surface area contributed by atoms with E-state index in [9.17, 15) is 9.59 Å². The molecule has 0 spiro atoms. The van der Waals surface area contributed by atoms with Gasteiger partial charge in [0.2, 0.25) is 0 Å². The zero-order chi connectivity index (χ0) is 9.42. The molecule has 3 amide bonds. The number of rotatable bonds is 1. The molecule has 6 heteroatoms. The summed E-state index contributed by atoms with van der Waals surface area (Å²) >= 11 is 4.72. The minimum Gasteiger partial charge on any atom is -0.321 e. The second kappa shape index (κ2) is 3.12. The molecule has 1 atom stereocenters. The van der Waals surface area contributed by atoms with Crippen LogP contribution < -0.4 is 10.6 Å². The summed E-state index contributed by atoms with van der Waals surface area (Å²) in [5.74, 6) is -0.292. The van der Waals surface area contributed by atoms with Gasteiger partial charge in [0.1, 0.15) is 6.04 Å². The van der Waals surface area contributed by atoms with E-state index in [0.29, 0.717) is 0 Å². The van der Waals surface area contributed by atoms with Crippen LogP contribution in [0.2, 0.25) is 0 Å². The molecule has 0 bridgehead atoms. The Balaban J connectivity index is 2.27. The molecule has 0 saturated carbocycles. The lowest BCUT2D eigenvalue weighted by atomic mass is 10.2. The van der Waals surface area contributed by atoms with E-state index < -0.39 is 12.1 Å². The molecule has 1 aliphatic rings. The molecule has 2 rings (SSSR count). The van der Waals surface area contributed by atoms with E-state index >= 15 is 0 Å². The number of amides is 3. The Hall–Kier alpha value is -0.880. The molecule has 1 fully saturated rings. The Morgan fingerprint density at radius 1 is 1.38 bits per heavy atom. The van der Waals surface area contributed by atoms with E-state index in [1.54, 1.807) is 0 Å². The van der Waals surface area contributed by atoms with E-state index in [-0.39, 0.29) is 5.91 Å². The predicted octanol–water partition coefficient (Wildman–Crippen LogP) is 1.39. The van der Waals surface area contributed by atoms with Crippen LogP contribution in [0.25, 0.3) is 0 Å². The molecule has 1 saturated heterocycles. The van der Waals surface area contributed by atoms with Crippen molar-refractivity contribution in [3.8, 4) is 0 Å². The number of carbonyl (C=O) groups excluding carboxylic acids is 2. The van der Waals surface area contributed by atoms with Crippen LogP contribution in [-0.2, 0) is 4.79 Å². The van der Waals surface area contributed by atoms with Crippen molar-refractivity contribution in [1.29, 1.82) is 0 Å². The highest BCUT2D eigenvalue weighted by atomic mass is 79.9. The average Bonchev–Trinajstić information content (AvgIpc) is 2.58. The summed E-state index contributed by atoms with van der Waals surface area (Å²) in [6, 6.07) is 2.70. The maximum atomic E-state index is 11.2. The average molecular weight is 261 g/mol. The minimum atomic E-state index is -0.524. The quantitative estimate of drug-likeness (QED) is 0.750. The standard InChI is InChI=1S/C7H5BrN2O2S/c8-4-2-1-3(13-4)5-6(11)10-7(12)9-5/h1-2,5H,(H2,9,10,11,12). The first kappa shape index (κ1) is 8.71. The Kier molecular flexibility index (Phi) is 2.09. The first-order valence-corrected chi connectivity index (χ1v) is 5.14. The fraction of sp³-hybridized carbons (Fsp3) is 0.143. The molecule has 1 unspecified atom stereocenters. The van der Waals surface area contributed by atoms with Crippen LogP contribution in [-0.4, -0.2) is 11.9 Å². The Labute approximate surface area is 86.5 Å². The summed E-state index contributed by atoms with van der Waals surface area (Å²) in [6.45, 7) is 0. The van der Waals surface area contributed by atoms with Gasteiger partial charge >= 0.3 is 6.03 Å². The summed E-state index contributed by atoms with van der Waals surface area (Å²) in [7, 11) is 0. The van der Waals surface area contributed by atoms with Crippen molar-refractivity contribution < 1.29 is 9.59 Å². The number of imide groups is 1. The van der Waals surface area contributed by atoms with Crippen LogP contribution in [0.15, 0.2) is 15.9 Å². The molecular weight excluding hydrogens is 256 g/mol. The van der Waals surface area contributed by atoms with Crippen LogP contribution in [0.4, 0.5) is 4.79 Å². The highest BCUT2D eigenvalue weighted by Crippen LogP contribution is 2.28. The fourth-order valence-corrected chi connectivity index (χ4v) is 2.57. The highest BCUT2D eigenvalue weighted by molar-refractivity contribution is 9.11. The third-order valence-corrected chi connectivity index (χ3v) is 3.34. The minimum absolute atomic E-state index is 0.292. The summed E-state index contributed by atoms with van der Waals surface area (Å²) < 4.78 is 0.941. The number of hydrogen-bond donors (Lipinski definition) is 2. The van der Waals surface area contributed by atoms with Crippen molar-refractivity contribution in [2.75, 3.05) is 0 Å². The van der Waals surface area contributed by atoms with Gasteiger partial charge in [0.05, 0.1) is 3.79 Å². The molecule has 0 aromatic carbocycles. The molecule has 13 heavy (non-hydrogen) atoms. The normalized spacial score (nSPS) is 21.5. The summed E-state index contributed by atoms with van der Waals surface area (Å²) in [5, 5.41) is 4.70. The second-order valence-corrected chi connectivity index (χ2v) is 5.03. The first-order valence-electron chi connectivity index (χ1n) is 3.53. The Bertz CT molecular complexity index is 376. The summed E-state index contributed by atoms with van der Waals surface area (Å²) in [5.41, 5.74) is 0.